The molecule has 94 valence electrons. The molecule has 19 heavy (non-hydrogen) atoms. The summed E-state index contributed by atoms with van der Waals surface area (Å²) in [5, 5.41) is 1.77. The van der Waals surface area contributed by atoms with Crippen LogP contribution in [-0.2, 0) is 6.54 Å². The maximum Gasteiger partial charge on any atom is 0.182 e. The number of ketones is 1. The number of benzene rings is 2. The molecule has 0 aliphatic heterocycles. The Morgan fingerprint density at radius 3 is 2.63 bits per heavy atom. The highest BCUT2D eigenvalue weighted by Crippen LogP contribution is 2.20. The lowest BCUT2D eigenvalue weighted by Gasteiger charge is -2.05. The Morgan fingerprint density at radius 2 is 1.84 bits per heavy atom. The lowest BCUT2D eigenvalue weighted by Crippen LogP contribution is -2.09. The summed E-state index contributed by atoms with van der Waals surface area (Å²) < 4.78 is 1.93. The van der Waals surface area contributed by atoms with Gasteiger partial charge in [-0.15, -0.1) is 0 Å². The van der Waals surface area contributed by atoms with Gasteiger partial charge >= 0.3 is 0 Å². The lowest BCUT2D eigenvalue weighted by atomic mass is 10.1. The Morgan fingerprint density at radius 1 is 1.05 bits per heavy atom. The molecule has 2 aromatic carbocycles. The van der Waals surface area contributed by atoms with E-state index in [1.165, 1.54) is 0 Å². The molecule has 0 unspecified atom stereocenters. The second-order valence-corrected chi connectivity index (χ2v) is 4.87. The van der Waals surface area contributed by atoms with E-state index in [2.05, 4.69) is 0 Å². The van der Waals surface area contributed by atoms with Crippen LogP contribution in [0.2, 0.25) is 5.02 Å². The number of aromatic nitrogens is 1. The molecule has 0 bridgehead atoms. The van der Waals surface area contributed by atoms with E-state index in [9.17, 15) is 4.79 Å². The van der Waals surface area contributed by atoms with Gasteiger partial charge < -0.3 is 4.57 Å². The SMILES string of the molecule is O=C(Cn1ccc2ccc(Cl)cc21)c1ccccc1. The molecule has 0 atom stereocenters. The van der Waals surface area contributed by atoms with E-state index in [0.29, 0.717) is 11.6 Å². The number of rotatable bonds is 3. The molecule has 0 aliphatic rings. The normalized spacial score (nSPS) is 10.8. The number of halogens is 1. The van der Waals surface area contributed by atoms with Crippen LogP contribution < -0.4 is 0 Å². The van der Waals surface area contributed by atoms with Crippen LogP contribution >= 0.6 is 11.6 Å². The van der Waals surface area contributed by atoms with Crippen molar-refractivity contribution in [3.8, 4) is 0 Å². The zero-order valence-corrected chi connectivity index (χ0v) is 11.0. The highest BCUT2D eigenvalue weighted by molar-refractivity contribution is 6.31. The fourth-order valence-corrected chi connectivity index (χ4v) is 2.33. The second kappa shape index (κ2) is 4.90. The Labute approximate surface area is 116 Å². The van der Waals surface area contributed by atoms with Crippen molar-refractivity contribution in [1.82, 2.24) is 4.57 Å². The van der Waals surface area contributed by atoms with Crippen LogP contribution in [0.1, 0.15) is 10.4 Å². The number of carbonyl (C=O) groups is 1. The average molecular weight is 270 g/mol. The topological polar surface area (TPSA) is 22.0 Å². The highest BCUT2D eigenvalue weighted by atomic mass is 35.5. The monoisotopic (exact) mass is 269 g/mol. The van der Waals surface area contributed by atoms with Gasteiger partial charge in [-0.3, -0.25) is 4.79 Å². The van der Waals surface area contributed by atoms with Crippen molar-refractivity contribution in [2.45, 2.75) is 6.54 Å². The van der Waals surface area contributed by atoms with Crippen LogP contribution in [0, 0.1) is 0 Å². The molecule has 0 spiro atoms. The van der Waals surface area contributed by atoms with Gasteiger partial charge in [0, 0.05) is 22.3 Å². The lowest BCUT2D eigenvalue weighted by molar-refractivity contribution is 0.0973. The van der Waals surface area contributed by atoms with Gasteiger partial charge in [0.1, 0.15) is 0 Å². The number of carbonyl (C=O) groups excluding carboxylic acids is 1. The molecular formula is C16H12ClNO. The zero-order valence-electron chi connectivity index (χ0n) is 10.2. The summed E-state index contributed by atoms with van der Waals surface area (Å²) >= 11 is 6.00. The summed E-state index contributed by atoms with van der Waals surface area (Å²) in [4.78, 5) is 12.2. The summed E-state index contributed by atoms with van der Waals surface area (Å²) in [5.74, 6) is 0.0954. The molecule has 0 radical (unpaired) electrons. The third-order valence-electron chi connectivity index (χ3n) is 3.15. The molecule has 3 heteroatoms. The Balaban J connectivity index is 1.94. The third kappa shape index (κ3) is 2.40. The van der Waals surface area contributed by atoms with Crippen LogP contribution in [-0.4, -0.2) is 10.4 Å². The summed E-state index contributed by atoms with van der Waals surface area (Å²) in [5.41, 5.74) is 1.71. The first-order valence-corrected chi connectivity index (χ1v) is 6.44. The minimum atomic E-state index is 0.0954. The van der Waals surface area contributed by atoms with Crippen LogP contribution in [0.5, 0.6) is 0 Å². The minimum Gasteiger partial charge on any atom is -0.340 e. The Hall–Kier alpha value is -2.06. The number of fused-ring (bicyclic) bond motifs is 1. The van der Waals surface area contributed by atoms with E-state index in [4.69, 9.17) is 11.6 Å². The van der Waals surface area contributed by atoms with Gasteiger partial charge in [-0.25, -0.2) is 0 Å². The van der Waals surface area contributed by atoms with E-state index >= 15 is 0 Å². The van der Waals surface area contributed by atoms with Crippen LogP contribution in [0.25, 0.3) is 10.9 Å². The van der Waals surface area contributed by atoms with Crippen molar-refractivity contribution in [3.63, 3.8) is 0 Å². The molecule has 3 aromatic rings. The molecule has 0 fully saturated rings. The largest absolute Gasteiger partial charge is 0.340 e. The van der Waals surface area contributed by atoms with Crippen LogP contribution in [0.15, 0.2) is 60.8 Å². The van der Waals surface area contributed by atoms with Crippen molar-refractivity contribution >= 4 is 28.3 Å². The first-order chi connectivity index (χ1) is 9.24. The molecule has 1 heterocycles. The van der Waals surface area contributed by atoms with Crippen molar-refractivity contribution in [2.75, 3.05) is 0 Å². The maximum absolute atomic E-state index is 12.2. The van der Waals surface area contributed by atoms with E-state index in [-0.39, 0.29) is 5.78 Å². The quantitative estimate of drug-likeness (QED) is 0.654. The third-order valence-corrected chi connectivity index (χ3v) is 3.38. The Bertz CT molecular complexity index is 731. The predicted molar refractivity (Wildman–Crippen MR) is 77.7 cm³/mol. The van der Waals surface area contributed by atoms with E-state index < -0.39 is 0 Å². The zero-order chi connectivity index (χ0) is 13.2. The van der Waals surface area contributed by atoms with Crippen molar-refractivity contribution in [3.05, 3.63) is 71.4 Å². The molecule has 0 aliphatic carbocycles. The van der Waals surface area contributed by atoms with E-state index in [1.807, 2.05) is 65.4 Å². The summed E-state index contributed by atoms with van der Waals surface area (Å²) in [7, 11) is 0. The minimum absolute atomic E-state index is 0.0954. The smallest absolute Gasteiger partial charge is 0.182 e. The van der Waals surface area contributed by atoms with Gasteiger partial charge in [0.25, 0.3) is 0 Å². The molecule has 2 nitrogen and oxygen atoms in total. The number of Topliss-reactive ketones (excluding diaryl/α,β-unsaturated/α-hetero) is 1. The van der Waals surface area contributed by atoms with Crippen molar-refractivity contribution in [1.29, 1.82) is 0 Å². The summed E-state index contributed by atoms with van der Waals surface area (Å²) in [6.45, 7) is 0.327. The molecule has 3 rings (SSSR count). The first kappa shape index (κ1) is 12.0. The summed E-state index contributed by atoms with van der Waals surface area (Å²) in [6, 6.07) is 17.0. The van der Waals surface area contributed by atoms with E-state index in [1.54, 1.807) is 0 Å². The van der Waals surface area contributed by atoms with Crippen LogP contribution in [0.4, 0.5) is 0 Å². The van der Waals surface area contributed by atoms with Gasteiger partial charge in [-0.2, -0.15) is 0 Å². The molecule has 0 saturated carbocycles. The average Bonchev–Trinajstić information content (AvgIpc) is 2.82. The number of hydrogen-bond acceptors (Lipinski definition) is 1. The standard InChI is InChI=1S/C16H12ClNO/c17-14-7-6-12-8-9-18(15(12)10-14)11-16(19)13-4-2-1-3-5-13/h1-10H,11H2. The van der Waals surface area contributed by atoms with Gasteiger partial charge in [0.2, 0.25) is 0 Å². The van der Waals surface area contributed by atoms with Gasteiger partial charge in [-0.1, -0.05) is 48.0 Å². The summed E-state index contributed by atoms with van der Waals surface area (Å²) in [6.07, 6.45) is 1.92. The molecule has 1 aromatic heterocycles. The number of hydrogen-bond donors (Lipinski definition) is 0. The number of nitrogens with zero attached hydrogens (tertiary/aromatic N) is 1. The highest BCUT2D eigenvalue weighted by Gasteiger charge is 2.08. The molecule has 0 amide bonds. The fraction of sp³-hybridized carbons (Fsp3) is 0.0625. The van der Waals surface area contributed by atoms with E-state index in [0.717, 1.165) is 16.5 Å². The predicted octanol–water partition coefficient (Wildman–Crippen LogP) is 4.18. The Kier molecular flexibility index (Phi) is 3.10. The molecular weight excluding hydrogens is 258 g/mol. The first-order valence-electron chi connectivity index (χ1n) is 6.07. The van der Waals surface area contributed by atoms with Gasteiger partial charge in [-0.05, 0) is 23.6 Å². The second-order valence-electron chi connectivity index (χ2n) is 4.44. The van der Waals surface area contributed by atoms with Crippen LogP contribution in [0.3, 0.4) is 0 Å². The van der Waals surface area contributed by atoms with Crippen molar-refractivity contribution < 1.29 is 4.79 Å². The maximum atomic E-state index is 12.2. The molecule has 0 N–H and O–H groups in total. The fourth-order valence-electron chi connectivity index (χ4n) is 2.16. The van der Waals surface area contributed by atoms with Crippen molar-refractivity contribution in [2.24, 2.45) is 0 Å². The molecule has 0 saturated heterocycles. The van der Waals surface area contributed by atoms with Gasteiger partial charge in [0.15, 0.2) is 5.78 Å². The van der Waals surface area contributed by atoms with Gasteiger partial charge in [0.05, 0.1) is 6.54 Å².